The Morgan fingerprint density at radius 3 is 2.11 bits per heavy atom. The third kappa shape index (κ3) is 4.72. The molecule has 0 aliphatic heterocycles. The summed E-state index contributed by atoms with van der Waals surface area (Å²) in [4.78, 5) is 0. The molecule has 0 atom stereocenters. The molecule has 102 valence electrons. The van der Waals surface area contributed by atoms with Crippen LogP contribution >= 0.6 is 0 Å². The molecule has 0 radical (unpaired) electrons. The number of phenolic OH excluding ortho intramolecular Hbond substituents is 1. The summed E-state index contributed by atoms with van der Waals surface area (Å²) in [6, 6.07) is 4.36. The maximum absolute atomic E-state index is 10.1. The smallest absolute Gasteiger partial charge is 0.121 e. The van der Waals surface area contributed by atoms with E-state index in [0.717, 1.165) is 24.0 Å². The number of unbranched alkanes of at least 4 members (excludes halogenated alkanes) is 4. The van der Waals surface area contributed by atoms with E-state index in [1.807, 2.05) is 6.92 Å². The molecule has 18 heavy (non-hydrogen) atoms. The maximum Gasteiger partial charge on any atom is 0.121 e. The average molecular weight is 248 g/mol. The first-order valence-electron chi connectivity index (χ1n) is 7.50. The molecule has 0 aromatic heterocycles. The molecule has 0 amide bonds. The Balaban J connectivity index is 2.69. The van der Waals surface area contributed by atoms with E-state index in [-0.39, 0.29) is 0 Å². The summed E-state index contributed by atoms with van der Waals surface area (Å²) in [6.45, 7) is 6.46. The second-order valence-corrected chi connectivity index (χ2v) is 5.33. The molecule has 1 aromatic rings. The van der Waals surface area contributed by atoms with Crippen LogP contribution in [-0.2, 0) is 12.8 Å². The molecular formula is C17H28O. The van der Waals surface area contributed by atoms with E-state index >= 15 is 0 Å². The van der Waals surface area contributed by atoms with Gasteiger partial charge in [0.15, 0.2) is 0 Å². The van der Waals surface area contributed by atoms with Crippen LogP contribution in [0.4, 0.5) is 0 Å². The summed E-state index contributed by atoms with van der Waals surface area (Å²) in [6.07, 6.45) is 9.65. The first kappa shape index (κ1) is 15.1. The van der Waals surface area contributed by atoms with Crippen molar-refractivity contribution in [1.82, 2.24) is 0 Å². The zero-order valence-corrected chi connectivity index (χ0v) is 12.3. The predicted octanol–water partition coefficient (Wildman–Crippen LogP) is 5.17. The fraction of sp³-hybridized carbons (Fsp3) is 0.647. The van der Waals surface area contributed by atoms with Crippen LogP contribution in [0, 0.1) is 6.92 Å². The summed E-state index contributed by atoms with van der Waals surface area (Å²) in [7, 11) is 0. The third-order valence-electron chi connectivity index (χ3n) is 3.56. The van der Waals surface area contributed by atoms with Crippen LogP contribution in [0.1, 0.15) is 69.1 Å². The van der Waals surface area contributed by atoms with Crippen molar-refractivity contribution in [2.24, 2.45) is 0 Å². The molecule has 1 aromatic carbocycles. The van der Waals surface area contributed by atoms with Crippen molar-refractivity contribution in [2.45, 2.75) is 72.1 Å². The topological polar surface area (TPSA) is 20.2 Å². The van der Waals surface area contributed by atoms with Crippen LogP contribution in [0.2, 0.25) is 0 Å². The molecule has 0 spiro atoms. The van der Waals surface area contributed by atoms with Crippen LogP contribution in [0.15, 0.2) is 12.1 Å². The molecule has 0 fully saturated rings. The van der Waals surface area contributed by atoms with Gasteiger partial charge >= 0.3 is 0 Å². The van der Waals surface area contributed by atoms with Gasteiger partial charge in [0.2, 0.25) is 0 Å². The zero-order valence-electron chi connectivity index (χ0n) is 12.3. The summed E-state index contributed by atoms with van der Waals surface area (Å²) >= 11 is 0. The molecule has 1 nitrogen and oxygen atoms in total. The molecule has 0 bridgehead atoms. The van der Waals surface area contributed by atoms with Gasteiger partial charge in [0, 0.05) is 0 Å². The van der Waals surface area contributed by atoms with Crippen molar-refractivity contribution in [1.29, 1.82) is 0 Å². The van der Waals surface area contributed by atoms with E-state index < -0.39 is 0 Å². The second-order valence-electron chi connectivity index (χ2n) is 5.33. The molecule has 0 unspecified atom stereocenters. The van der Waals surface area contributed by atoms with Gasteiger partial charge in [-0.05, 0) is 49.3 Å². The molecule has 0 saturated carbocycles. The largest absolute Gasteiger partial charge is 0.507 e. The van der Waals surface area contributed by atoms with E-state index in [0.29, 0.717) is 5.75 Å². The number of rotatable bonds is 8. The van der Waals surface area contributed by atoms with Crippen LogP contribution in [0.25, 0.3) is 0 Å². The van der Waals surface area contributed by atoms with Crippen molar-refractivity contribution in [3.05, 3.63) is 28.8 Å². The molecule has 1 heteroatoms. The van der Waals surface area contributed by atoms with E-state index in [2.05, 4.69) is 26.0 Å². The molecule has 1 rings (SSSR count). The molecular weight excluding hydrogens is 220 g/mol. The summed E-state index contributed by atoms with van der Waals surface area (Å²) in [5.41, 5.74) is 3.58. The molecule has 0 aliphatic rings. The standard InChI is InChI=1S/C17H28O/c1-4-6-8-10-15-12-14(3)17(18)16(13-15)11-9-7-5-2/h12-13,18H,4-11H2,1-3H3. The fourth-order valence-corrected chi connectivity index (χ4v) is 2.41. The van der Waals surface area contributed by atoms with Gasteiger partial charge in [-0.25, -0.2) is 0 Å². The molecule has 1 N–H and O–H groups in total. The van der Waals surface area contributed by atoms with E-state index in [1.165, 1.54) is 44.1 Å². The first-order valence-corrected chi connectivity index (χ1v) is 7.50. The number of hydrogen-bond donors (Lipinski definition) is 1. The Labute approximate surface area is 112 Å². The number of aromatic hydroxyl groups is 1. The fourth-order valence-electron chi connectivity index (χ4n) is 2.41. The normalized spacial score (nSPS) is 10.8. The van der Waals surface area contributed by atoms with Gasteiger partial charge in [-0.1, -0.05) is 51.7 Å². The lowest BCUT2D eigenvalue weighted by atomic mass is 9.97. The Morgan fingerprint density at radius 1 is 0.889 bits per heavy atom. The molecule has 0 heterocycles. The second kappa shape index (κ2) is 8.18. The van der Waals surface area contributed by atoms with Crippen LogP contribution < -0.4 is 0 Å². The highest BCUT2D eigenvalue weighted by Crippen LogP contribution is 2.26. The van der Waals surface area contributed by atoms with Crippen LogP contribution in [0.3, 0.4) is 0 Å². The summed E-state index contributed by atoms with van der Waals surface area (Å²) in [5.74, 6) is 0.519. The van der Waals surface area contributed by atoms with Crippen molar-refractivity contribution < 1.29 is 5.11 Å². The first-order chi connectivity index (χ1) is 8.69. The van der Waals surface area contributed by atoms with E-state index in [9.17, 15) is 5.11 Å². The zero-order chi connectivity index (χ0) is 13.4. The minimum atomic E-state index is 0.519. The monoisotopic (exact) mass is 248 g/mol. The average Bonchev–Trinajstić information content (AvgIpc) is 2.35. The van der Waals surface area contributed by atoms with Gasteiger partial charge in [0.25, 0.3) is 0 Å². The molecule has 0 aliphatic carbocycles. The van der Waals surface area contributed by atoms with Gasteiger partial charge in [-0.15, -0.1) is 0 Å². The van der Waals surface area contributed by atoms with Crippen molar-refractivity contribution in [2.75, 3.05) is 0 Å². The highest BCUT2D eigenvalue weighted by molar-refractivity contribution is 5.43. The number of phenols is 1. The van der Waals surface area contributed by atoms with Gasteiger partial charge in [-0.2, -0.15) is 0 Å². The van der Waals surface area contributed by atoms with Crippen molar-refractivity contribution >= 4 is 0 Å². The van der Waals surface area contributed by atoms with Crippen molar-refractivity contribution in [3.63, 3.8) is 0 Å². The van der Waals surface area contributed by atoms with Crippen LogP contribution in [-0.4, -0.2) is 5.11 Å². The number of aryl methyl sites for hydroxylation is 3. The minimum Gasteiger partial charge on any atom is -0.507 e. The van der Waals surface area contributed by atoms with Gasteiger partial charge in [0.05, 0.1) is 0 Å². The van der Waals surface area contributed by atoms with Gasteiger partial charge in [0.1, 0.15) is 5.75 Å². The van der Waals surface area contributed by atoms with Crippen molar-refractivity contribution in [3.8, 4) is 5.75 Å². The summed E-state index contributed by atoms with van der Waals surface area (Å²) < 4.78 is 0. The third-order valence-corrected chi connectivity index (χ3v) is 3.56. The predicted molar refractivity (Wildman–Crippen MR) is 79.3 cm³/mol. The van der Waals surface area contributed by atoms with Crippen LogP contribution in [0.5, 0.6) is 5.75 Å². The highest BCUT2D eigenvalue weighted by atomic mass is 16.3. The molecule has 0 saturated heterocycles. The number of hydrogen-bond acceptors (Lipinski definition) is 1. The van der Waals surface area contributed by atoms with Gasteiger partial charge in [-0.3, -0.25) is 0 Å². The number of benzene rings is 1. The summed E-state index contributed by atoms with van der Waals surface area (Å²) in [5, 5.41) is 10.1. The minimum absolute atomic E-state index is 0.519. The van der Waals surface area contributed by atoms with E-state index in [1.54, 1.807) is 0 Å². The maximum atomic E-state index is 10.1. The Bertz CT molecular complexity index is 355. The lowest BCUT2D eigenvalue weighted by Gasteiger charge is -2.11. The highest BCUT2D eigenvalue weighted by Gasteiger charge is 2.07. The Morgan fingerprint density at radius 2 is 1.50 bits per heavy atom. The lowest BCUT2D eigenvalue weighted by molar-refractivity contribution is 0.462. The Kier molecular flexibility index (Phi) is 6.85. The van der Waals surface area contributed by atoms with E-state index in [4.69, 9.17) is 0 Å². The quantitative estimate of drug-likeness (QED) is 0.629. The van der Waals surface area contributed by atoms with Gasteiger partial charge < -0.3 is 5.11 Å². The Hall–Kier alpha value is -0.980. The lowest BCUT2D eigenvalue weighted by Crippen LogP contribution is -1.94. The SMILES string of the molecule is CCCCCc1cc(C)c(O)c(CCCCC)c1.